The molecular weight excluding hydrogens is 350 g/mol. The van der Waals surface area contributed by atoms with Gasteiger partial charge in [0.15, 0.2) is 0 Å². The van der Waals surface area contributed by atoms with Crippen molar-refractivity contribution in [3.05, 3.63) is 101 Å². The van der Waals surface area contributed by atoms with Gasteiger partial charge >= 0.3 is 0 Å². The third-order valence-corrected chi connectivity index (χ3v) is 5.97. The maximum atomic E-state index is 8.13. The van der Waals surface area contributed by atoms with Gasteiger partial charge in [0.2, 0.25) is 0 Å². The molecule has 0 saturated carbocycles. The number of rotatable bonds is 2. The number of pyridine rings is 1. The van der Waals surface area contributed by atoms with Crippen LogP contribution in [0, 0.1) is 13.7 Å². The average molecular weight is 382 g/mol. The number of fused-ring (bicyclic) bond motifs is 3. The van der Waals surface area contributed by atoms with Crippen LogP contribution in [-0.4, -0.2) is 4.98 Å². The standard InChI is InChI=1S/C28H25N/c1-18-9-14-27(29-17-18)21-11-10-19(2)24(15-21)20-12-13-23-22-7-5-6-8-25(22)28(3,4)26(23)16-20/h5-17H,1-4H3/i1D3,2D3. The van der Waals surface area contributed by atoms with Gasteiger partial charge in [-0.25, -0.2) is 0 Å². The zero-order valence-corrected chi connectivity index (χ0v) is 16.5. The Hall–Kier alpha value is -3.19. The molecule has 1 heteroatoms. The molecule has 3 aromatic carbocycles. The number of hydrogen-bond acceptors (Lipinski definition) is 1. The summed E-state index contributed by atoms with van der Waals surface area (Å²) in [6.07, 6.45) is 1.36. The van der Waals surface area contributed by atoms with Crippen LogP contribution in [0.2, 0.25) is 0 Å². The molecule has 0 unspecified atom stereocenters. The van der Waals surface area contributed by atoms with Crippen molar-refractivity contribution in [3.8, 4) is 33.5 Å². The summed E-state index contributed by atoms with van der Waals surface area (Å²) in [6, 6.07) is 23.0. The molecule has 0 saturated heterocycles. The molecule has 0 radical (unpaired) electrons. The van der Waals surface area contributed by atoms with Crippen molar-refractivity contribution in [2.24, 2.45) is 0 Å². The average Bonchev–Trinajstić information content (AvgIpc) is 3.04. The van der Waals surface area contributed by atoms with Crippen LogP contribution in [0.25, 0.3) is 33.5 Å². The molecule has 1 nitrogen and oxygen atoms in total. The summed E-state index contributed by atoms with van der Waals surface area (Å²) >= 11 is 0. The van der Waals surface area contributed by atoms with Crippen LogP contribution in [0.5, 0.6) is 0 Å². The van der Waals surface area contributed by atoms with Gasteiger partial charge in [0.1, 0.15) is 0 Å². The Labute approximate surface area is 181 Å². The second-order valence-electron chi connectivity index (χ2n) is 8.12. The molecule has 0 N–H and O–H groups in total. The zero-order chi connectivity index (χ0) is 25.2. The molecule has 0 atom stereocenters. The molecular formula is C28H25N. The van der Waals surface area contributed by atoms with E-state index in [1.807, 2.05) is 24.3 Å². The van der Waals surface area contributed by atoms with E-state index in [9.17, 15) is 0 Å². The van der Waals surface area contributed by atoms with Gasteiger partial charge in [0.25, 0.3) is 0 Å². The van der Waals surface area contributed by atoms with Gasteiger partial charge in [-0.2, -0.15) is 0 Å². The lowest BCUT2D eigenvalue weighted by Gasteiger charge is -2.22. The third-order valence-electron chi connectivity index (χ3n) is 5.97. The molecule has 0 aliphatic heterocycles. The summed E-state index contributed by atoms with van der Waals surface area (Å²) in [5.74, 6) is 0. The van der Waals surface area contributed by atoms with Crippen molar-refractivity contribution in [2.45, 2.75) is 33.0 Å². The molecule has 0 bridgehead atoms. The van der Waals surface area contributed by atoms with Crippen LogP contribution in [0.1, 0.15) is 44.3 Å². The maximum absolute atomic E-state index is 8.13. The van der Waals surface area contributed by atoms with Crippen molar-refractivity contribution in [3.63, 3.8) is 0 Å². The Kier molecular flexibility index (Phi) is 2.74. The van der Waals surface area contributed by atoms with Gasteiger partial charge in [-0.1, -0.05) is 68.4 Å². The highest BCUT2D eigenvalue weighted by Crippen LogP contribution is 2.49. The van der Waals surface area contributed by atoms with Crippen LogP contribution >= 0.6 is 0 Å². The van der Waals surface area contributed by atoms with Crippen LogP contribution in [0.4, 0.5) is 0 Å². The molecule has 142 valence electrons. The van der Waals surface area contributed by atoms with Crippen LogP contribution < -0.4 is 0 Å². The minimum atomic E-state index is -2.29. The van der Waals surface area contributed by atoms with Crippen molar-refractivity contribution in [1.29, 1.82) is 0 Å². The molecule has 29 heavy (non-hydrogen) atoms. The smallest absolute Gasteiger partial charge is 0.0702 e. The Balaban J connectivity index is 1.65. The van der Waals surface area contributed by atoms with Crippen molar-refractivity contribution in [2.75, 3.05) is 0 Å². The summed E-state index contributed by atoms with van der Waals surface area (Å²) < 4.78 is 47.1. The van der Waals surface area contributed by atoms with Gasteiger partial charge < -0.3 is 0 Å². The molecule has 4 aromatic rings. The number of aromatic nitrogens is 1. The Morgan fingerprint density at radius 3 is 2.34 bits per heavy atom. The number of nitrogens with zero attached hydrogens (tertiary/aromatic N) is 1. The topological polar surface area (TPSA) is 12.9 Å². The first-order chi connectivity index (χ1) is 16.4. The van der Waals surface area contributed by atoms with Crippen LogP contribution in [0.15, 0.2) is 79.0 Å². The summed E-state index contributed by atoms with van der Waals surface area (Å²) in [5, 5.41) is 0. The number of hydrogen-bond donors (Lipinski definition) is 0. The number of benzene rings is 3. The molecule has 1 aromatic heterocycles. The molecule has 0 spiro atoms. The third kappa shape index (κ3) is 2.81. The van der Waals surface area contributed by atoms with E-state index in [1.54, 1.807) is 24.3 Å². The quantitative estimate of drug-likeness (QED) is 0.354. The van der Waals surface area contributed by atoms with E-state index in [1.165, 1.54) is 28.5 Å². The van der Waals surface area contributed by atoms with E-state index in [0.29, 0.717) is 11.3 Å². The molecule has 0 amide bonds. The lowest BCUT2D eigenvalue weighted by atomic mass is 9.81. The molecule has 1 aliphatic carbocycles. The fourth-order valence-corrected chi connectivity index (χ4v) is 4.38. The van der Waals surface area contributed by atoms with Gasteiger partial charge in [0, 0.05) is 25.4 Å². The summed E-state index contributed by atoms with van der Waals surface area (Å²) in [5.41, 5.74) is 7.81. The molecule has 1 heterocycles. The Bertz CT molecular complexity index is 1430. The van der Waals surface area contributed by atoms with Crippen LogP contribution in [0.3, 0.4) is 0 Å². The molecule has 5 rings (SSSR count). The highest BCUT2D eigenvalue weighted by molar-refractivity contribution is 5.84. The minimum absolute atomic E-state index is 0.168. The second-order valence-corrected chi connectivity index (χ2v) is 8.12. The Morgan fingerprint density at radius 2 is 1.55 bits per heavy atom. The van der Waals surface area contributed by atoms with Crippen LogP contribution in [-0.2, 0) is 5.41 Å². The van der Waals surface area contributed by atoms with Crippen molar-refractivity contribution in [1.82, 2.24) is 4.98 Å². The van der Waals surface area contributed by atoms with E-state index < -0.39 is 13.7 Å². The molecule has 1 aliphatic rings. The van der Waals surface area contributed by atoms with Gasteiger partial charge in [-0.05, 0) is 76.4 Å². The maximum Gasteiger partial charge on any atom is 0.0702 e. The largest absolute Gasteiger partial charge is 0.256 e. The lowest BCUT2D eigenvalue weighted by Crippen LogP contribution is -2.14. The highest BCUT2D eigenvalue weighted by Gasteiger charge is 2.35. The van der Waals surface area contributed by atoms with E-state index >= 15 is 0 Å². The fraction of sp³-hybridized carbons (Fsp3) is 0.179. The highest BCUT2D eigenvalue weighted by atomic mass is 14.7. The summed E-state index contributed by atoms with van der Waals surface area (Å²) in [7, 11) is 0. The Morgan fingerprint density at radius 1 is 0.724 bits per heavy atom. The van der Waals surface area contributed by atoms with E-state index in [2.05, 4.69) is 43.1 Å². The van der Waals surface area contributed by atoms with Gasteiger partial charge in [-0.15, -0.1) is 0 Å². The molecule has 0 fully saturated rings. The van der Waals surface area contributed by atoms with E-state index in [4.69, 9.17) is 8.22 Å². The second kappa shape index (κ2) is 6.42. The SMILES string of the molecule is [2H]C([2H])([2H])c1ccc(-c2ccc(C([2H])([2H])[2H])c(-c3ccc4c(c3)C(C)(C)c3ccccc3-4)c2)nc1. The summed E-state index contributed by atoms with van der Waals surface area (Å²) in [4.78, 5) is 4.35. The number of aryl methyl sites for hydroxylation is 2. The van der Waals surface area contributed by atoms with Gasteiger partial charge in [0.05, 0.1) is 5.69 Å². The summed E-state index contributed by atoms with van der Waals surface area (Å²) in [6.45, 7) is -0.127. The minimum Gasteiger partial charge on any atom is -0.256 e. The van der Waals surface area contributed by atoms with Crippen molar-refractivity contribution < 1.29 is 8.22 Å². The predicted molar refractivity (Wildman–Crippen MR) is 122 cm³/mol. The first-order valence-electron chi connectivity index (χ1n) is 12.7. The van der Waals surface area contributed by atoms with E-state index in [0.717, 1.165) is 11.1 Å². The van der Waals surface area contributed by atoms with E-state index in [-0.39, 0.29) is 16.5 Å². The predicted octanol–water partition coefficient (Wildman–Crippen LogP) is 7.34. The first kappa shape index (κ1) is 12.4. The van der Waals surface area contributed by atoms with Gasteiger partial charge in [-0.3, -0.25) is 4.98 Å². The lowest BCUT2D eigenvalue weighted by molar-refractivity contribution is 0.660. The fourth-order valence-electron chi connectivity index (χ4n) is 4.38. The first-order valence-corrected chi connectivity index (χ1v) is 9.73. The monoisotopic (exact) mass is 381 g/mol. The van der Waals surface area contributed by atoms with Crippen molar-refractivity contribution >= 4 is 0 Å². The zero-order valence-electron chi connectivity index (χ0n) is 22.5. The normalized spacial score (nSPS) is 17.7.